The molecule has 3 rings (SSSR count). The molecule has 1 fully saturated rings. The molecule has 2 aromatic rings. The maximum atomic E-state index is 5.41. The Morgan fingerprint density at radius 3 is 3.06 bits per heavy atom. The molecule has 0 amide bonds. The second kappa shape index (κ2) is 4.22. The fraction of sp³-hybridized carbons (Fsp3) is 0.455. The van der Waals surface area contributed by atoms with E-state index in [9.17, 15) is 0 Å². The van der Waals surface area contributed by atoms with Crippen molar-refractivity contribution in [1.82, 2.24) is 14.5 Å². The predicted molar refractivity (Wildman–Crippen MR) is 70.5 cm³/mol. The van der Waals surface area contributed by atoms with Gasteiger partial charge in [-0.05, 0) is 42.6 Å². The third-order valence-electron chi connectivity index (χ3n) is 3.07. The summed E-state index contributed by atoms with van der Waals surface area (Å²) >= 11 is 7.44. The average Bonchev–Trinajstić information content (AvgIpc) is 2.66. The van der Waals surface area contributed by atoms with Crippen LogP contribution in [0.15, 0.2) is 18.5 Å². The van der Waals surface area contributed by atoms with Crippen LogP contribution in [0.5, 0.6) is 0 Å². The van der Waals surface area contributed by atoms with E-state index in [1.54, 1.807) is 0 Å². The van der Waals surface area contributed by atoms with Crippen LogP contribution in [0.1, 0.15) is 18.9 Å². The number of rotatable bonds is 1. The van der Waals surface area contributed by atoms with Gasteiger partial charge in [0.05, 0.1) is 17.2 Å². The molecular formula is C11H13N3S2. The van der Waals surface area contributed by atoms with Crippen molar-refractivity contribution in [3.05, 3.63) is 23.2 Å². The van der Waals surface area contributed by atoms with Crippen molar-refractivity contribution in [1.29, 1.82) is 0 Å². The Labute approximate surface area is 103 Å². The first-order chi connectivity index (χ1) is 7.86. The van der Waals surface area contributed by atoms with Gasteiger partial charge < -0.3 is 9.55 Å². The summed E-state index contributed by atoms with van der Waals surface area (Å²) in [5.74, 6) is 2.48. The maximum absolute atomic E-state index is 5.41. The fourth-order valence-corrected chi connectivity index (χ4v) is 3.72. The van der Waals surface area contributed by atoms with Crippen molar-refractivity contribution in [2.75, 3.05) is 11.5 Å². The number of pyridine rings is 1. The summed E-state index contributed by atoms with van der Waals surface area (Å²) in [4.78, 5) is 7.35. The lowest BCUT2D eigenvalue weighted by Crippen LogP contribution is -2.15. The second-order valence-electron chi connectivity index (χ2n) is 4.04. The molecule has 0 spiro atoms. The van der Waals surface area contributed by atoms with Crippen LogP contribution in [0.4, 0.5) is 0 Å². The molecule has 84 valence electrons. The van der Waals surface area contributed by atoms with Crippen LogP contribution in [0.3, 0.4) is 0 Å². The number of nitrogens with zero attached hydrogens (tertiary/aromatic N) is 2. The van der Waals surface area contributed by atoms with Crippen molar-refractivity contribution in [2.45, 2.75) is 18.9 Å². The van der Waals surface area contributed by atoms with E-state index in [0.717, 1.165) is 10.3 Å². The first-order valence-electron chi connectivity index (χ1n) is 5.48. The Balaban J connectivity index is 2.14. The normalized spacial score (nSPS) is 18.0. The largest absolute Gasteiger partial charge is 0.329 e. The second-order valence-corrected chi connectivity index (χ2v) is 5.65. The van der Waals surface area contributed by atoms with Gasteiger partial charge in [0, 0.05) is 12.2 Å². The van der Waals surface area contributed by atoms with Gasteiger partial charge in [0.15, 0.2) is 4.77 Å². The minimum atomic E-state index is 0.560. The zero-order valence-corrected chi connectivity index (χ0v) is 10.5. The van der Waals surface area contributed by atoms with Crippen molar-refractivity contribution >= 4 is 35.0 Å². The molecule has 5 heteroatoms. The summed E-state index contributed by atoms with van der Waals surface area (Å²) in [6.07, 6.45) is 6.11. The van der Waals surface area contributed by atoms with E-state index in [4.69, 9.17) is 12.2 Å². The number of hydrogen-bond acceptors (Lipinski definition) is 3. The van der Waals surface area contributed by atoms with E-state index >= 15 is 0 Å². The van der Waals surface area contributed by atoms with E-state index < -0.39 is 0 Å². The Hall–Kier alpha value is -0.810. The molecule has 3 heterocycles. The Bertz CT molecular complexity index is 552. The highest BCUT2D eigenvalue weighted by Gasteiger charge is 2.18. The van der Waals surface area contributed by atoms with E-state index in [2.05, 4.69) is 14.5 Å². The standard InChI is InChI=1S/C11H13N3S2/c15-11-13-9-7-12-4-1-10(9)14(11)8-2-5-16-6-3-8/h1,4,7-8H,2-3,5-6H2,(H,13,15). The lowest BCUT2D eigenvalue weighted by Gasteiger charge is -2.23. The van der Waals surface area contributed by atoms with Gasteiger partial charge in [-0.15, -0.1) is 0 Å². The highest BCUT2D eigenvalue weighted by molar-refractivity contribution is 7.99. The van der Waals surface area contributed by atoms with Gasteiger partial charge in [0.1, 0.15) is 0 Å². The van der Waals surface area contributed by atoms with Gasteiger partial charge >= 0.3 is 0 Å². The number of imidazole rings is 1. The lowest BCUT2D eigenvalue weighted by atomic mass is 10.1. The van der Waals surface area contributed by atoms with E-state index in [0.29, 0.717) is 6.04 Å². The van der Waals surface area contributed by atoms with Crippen LogP contribution in [0, 0.1) is 4.77 Å². The quantitative estimate of drug-likeness (QED) is 0.790. The smallest absolute Gasteiger partial charge is 0.178 e. The molecule has 3 nitrogen and oxygen atoms in total. The molecule has 2 aromatic heterocycles. The number of aromatic amines is 1. The van der Waals surface area contributed by atoms with E-state index in [-0.39, 0.29) is 0 Å². The van der Waals surface area contributed by atoms with Crippen molar-refractivity contribution in [3.63, 3.8) is 0 Å². The number of aromatic nitrogens is 3. The van der Waals surface area contributed by atoms with Gasteiger partial charge in [0.2, 0.25) is 0 Å². The van der Waals surface area contributed by atoms with Crippen LogP contribution in [0.25, 0.3) is 11.0 Å². The first kappa shape index (κ1) is 10.4. The van der Waals surface area contributed by atoms with Gasteiger partial charge in [-0.25, -0.2) is 0 Å². The molecule has 16 heavy (non-hydrogen) atoms. The summed E-state index contributed by atoms with van der Waals surface area (Å²) in [5.41, 5.74) is 2.24. The summed E-state index contributed by atoms with van der Waals surface area (Å²) in [6, 6.07) is 2.61. The minimum absolute atomic E-state index is 0.560. The van der Waals surface area contributed by atoms with Gasteiger partial charge in [-0.2, -0.15) is 11.8 Å². The Morgan fingerprint density at radius 2 is 2.25 bits per heavy atom. The molecule has 0 atom stereocenters. The summed E-state index contributed by atoms with van der Waals surface area (Å²) in [6.45, 7) is 0. The Morgan fingerprint density at radius 1 is 1.44 bits per heavy atom. The number of hydrogen-bond donors (Lipinski definition) is 1. The molecular weight excluding hydrogens is 238 g/mol. The number of nitrogens with one attached hydrogen (secondary N) is 1. The maximum Gasteiger partial charge on any atom is 0.178 e. The Kier molecular flexibility index (Phi) is 2.73. The monoisotopic (exact) mass is 251 g/mol. The summed E-state index contributed by atoms with van der Waals surface area (Å²) < 4.78 is 3.10. The third kappa shape index (κ3) is 1.68. The number of thioether (sulfide) groups is 1. The van der Waals surface area contributed by atoms with Crippen LogP contribution >= 0.6 is 24.0 Å². The van der Waals surface area contributed by atoms with Crippen LogP contribution in [0.2, 0.25) is 0 Å². The SMILES string of the molecule is S=c1[nH]c2cnccc2n1C1CCSCC1. The number of fused-ring (bicyclic) bond motifs is 1. The minimum Gasteiger partial charge on any atom is -0.329 e. The van der Waals surface area contributed by atoms with Gasteiger partial charge in [-0.1, -0.05) is 0 Å². The van der Waals surface area contributed by atoms with Gasteiger partial charge in [-0.3, -0.25) is 4.98 Å². The van der Waals surface area contributed by atoms with Gasteiger partial charge in [0.25, 0.3) is 0 Å². The molecule has 0 unspecified atom stereocenters. The number of H-pyrrole nitrogens is 1. The van der Waals surface area contributed by atoms with Crippen LogP contribution in [-0.2, 0) is 0 Å². The third-order valence-corrected chi connectivity index (χ3v) is 4.42. The highest BCUT2D eigenvalue weighted by atomic mass is 32.2. The molecule has 0 radical (unpaired) electrons. The first-order valence-corrected chi connectivity index (χ1v) is 7.04. The molecule has 1 aliphatic rings. The molecule has 0 saturated carbocycles. The molecule has 1 N–H and O–H groups in total. The van der Waals surface area contributed by atoms with Crippen molar-refractivity contribution in [2.24, 2.45) is 0 Å². The summed E-state index contributed by atoms with van der Waals surface area (Å²) in [5, 5.41) is 0. The van der Waals surface area contributed by atoms with E-state index in [1.807, 2.05) is 30.2 Å². The topological polar surface area (TPSA) is 33.6 Å². The summed E-state index contributed by atoms with van der Waals surface area (Å²) in [7, 11) is 0. The van der Waals surface area contributed by atoms with Crippen molar-refractivity contribution < 1.29 is 0 Å². The zero-order chi connectivity index (χ0) is 11.0. The highest BCUT2D eigenvalue weighted by Crippen LogP contribution is 2.30. The molecule has 0 aromatic carbocycles. The molecule has 1 aliphatic heterocycles. The fourth-order valence-electron chi connectivity index (χ4n) is 2.28. The van der Waals surface area contributed by atoms with Crippen molar-refractivity contribution in [3.8, 4) is 0 Å². The van der Waals surface area contributed by atoms with Crippen LogP contribution < -0.4 is 0 Å². The zero-order valence-electron chi connectivity index (χ0n) is 8.85. The molecule has 0 bridgehead atoms. The van der Waals surface area contributed by atoms with Crippen LogP contribution in [-0.4, -0.2) is 26.0 Å². The van der Waals surface area contributed by atoms with E-state index in [1.165, 1.54) is 29.9 Å². The lowest BCUT2D eigenvalue weighted by molar-refractivity contribution is 0.476. The average molecular weight is 251 g/mol. The predicted octanol–water partition coefficient (Wildman–Crippen LogP) is 3.16. The molecule has 0 aliphatic carbocycles. The molecule has 1 saturated heterocycles.